The Hall–Kier alpha value is -2.71. The number of ether oxygens (including phenoxy) is 1. The van der Waals surface area contributed by atoms with Crippen LogP contribution in [0, 0.1) is 5.82 Å². The number of imidazole rings is 1. The van der Waals surface area contributed by atoms with Gasteiger partial charge in [-0.25, -0.2) is 9.37 Å². The molecule has 0 saturated heterocycles. The van der Waals surface area contributed by atoms with Gasteiger partial charge in [0.15, 0.2) is 0 Å². The van der Waals surface area contributed by atoms with Crippen LogP contribution in [0.1, 0.15) is 41.0 Å². The van der Waals surface area contributed by atoms with Crippen LogP contribution in [0.15, 0.2) is 59.5 Å². The summed E-state index contributed by atoms with van der Waals surface area (Å²) in [4.78, 5) is 15.3. The van der Waals surface area contributed by atoms with Crippen LogP contribution in [0.3, 0.4) is 0 Å². The predicted octanol–water partition coefficient (Wildman–Crippen LogP) is 4.02. The molecule has 0 radical (unpaired) electrons. The Kier molecular flexibility index (Phi) is 7.23. The largest absolute Gasteiger partial charge is 0.489 e. The lowest BCUT2D eigenvalue weighted by atomic mass is 10.0. The fraction of sp³-hybridized carbons (Fsp3) is 0.273. The maximum absolute atomic E-state index is 14.1. The number of nitrogens with zero attached hydrogens (tertiary/aromatic N) is 2. The standard InChI is InChI=1S/C22H23BrFN3O3/c1-14(28)20(27-11-19(22(25)29)26-13-27)9-7-15-4-2-3-5-21(15)30-12-16-6-8-17(23)10-18(16)24/h2-6,8,10-11,13-14,20,28H,7,9,12H2,1H3,(H2,25,29)/t14-,20+/m0/s1. The van der Waals surface area contributed by atoms with E-state index in [2.05, 4.69) is 20.9 Å². The molecule has 2 atom stereocenters. The number of benzene rings is 2. The minimum Gasteiger partial charge on any atom is -0.489 e. The first kappa shape index (κ1) is 22.0. The monoisotopic (exact) mass is 475 g/mol. The van der Waals surface area contributed by atoms with Crippen LogP contribution in [0.4, 0.5) is 4.39 Å². The summed E-state index contributed by atoms with van der Waals surface area (Å²) in [5, 5.41) is 10.2. The quantitative estimate of drug-likeness (QED) is 0.488. The maximum atomic E-state index is 14.1. The number of halogens is 2. The van der Waals surface area contributed by atoms with Crippen LogP contribution < -0.4 is 10.5 Å². The zero-order chi connectivity index (χ0) is 21.7. The number of aliphatic hydroxyl groups is 1. The molecule has 0 unspecified atom stereocenters. The molecule has 0 aliphatic rings. The first-order valence-corrected chi connectivity index (χ1v) is 10.3. The SMILES string of the molecule is C[C@H](O)[C@@H](CCc1ccccc1OCc1ccc(Br)cc1F)n1cnc(C(N)=O)c1. The maximum Gasteiger partial charge on any atom is 0.268 e. The third-order valence-electron chi connectivity index (χ3n) is 4.87. The Balaban J connectivity index is 1.70. The highest BCUT2D eigenvalue weighted by molar-refractivity contribution is 9.10. The zero-order valence-corrected chi connectivity index (χ0v) is 18.0. The lowest BCUT2D eigenvalue weighted by molar-refractivity contribution is 0.0994. The molecule has 0 saturated carbocycles. The smallest absolute Gasteiger partial charge is 0.268 e. The summed E-state index contributed by atoms with van der Waals surface area (Å²) < 4.78 is 22.3. The summed E-state index contributed by atoms with van der Waals surface area (Å²) in [6, 6.07) is 12.1. The van der Waals surface area contributed by atoms with Crippen molar-refractivity contribution < 1.29 is 19.0 Å². The second-order valence-corrected chi connectivity index (χ2v) is 7.96. The Bertz CT molecular complexity index is 1020. The first-order chi connectivity index (χ1) is 14.3. The van der Waals surface area contributed by atoms with Gasteiger partial charge in [0.2, 0.25) is 0 Å². The molecule has 3 N–H and O–H groups in total. The lowest BCUT2D eigenvalue weighted by Gasteiger charge is -2.22. The number of carbonyl (C=O) groups excluding carboxylic acids is 1. The van der Waals surface area contributed by atoms with Crippen molar-refractivity contribution >= 4 is 21.8 Å². The predicted molar refractivity (Wildman–Crippen MR) is 115 cm³/mol. The summed E-state index contributed by atoms with van der Waals surface area (Å²) in [7, 11) is 0. The minimum atomic E-state index is -0.662. The molecule has 3 aromatic rings. The van der Waals surface area contributed by atoms with Gasteiger partial charge >= 0.3 is 0 Å². The van der Waals surface area contributed by atoms with Crippen molar-refractivity contribution in [3.63, 3.8) is 0 Å². The minimum absolute atomic E-state index is 0.111. The number of carbonyl (C=O) groups is 1. The number of primary amides is 1. The second-order valence-electron chi connectivity index (χ2n) is 7.05. The van der Waals surface area contributed by atoms with E-state index in [1.165, 1.54) is 12.4 Å². The summed E-state index contributed by atoms with van der Waals surface area (Å²) in [6.07, 6.45) is 3.57. The van der Waals surface area contributed by atoms with Crippen molar-refractivity contribution in [2.45, 2.75) is 38.5 Å². The van der Waals surface area contributed by atoms with E-state index in [-0.39, 0.29) is 24.2 Å². The summed E-state index contributed by atoms with van der Waals surface area (Å²) in [5.41, 5.74) is 6.82. The Labute approximate surface area is 182 Å². The summed E-state index contributed by atoms with van der Waals surface area (Å²) in [6.45, 7) is 1.80. The number of nitrogens with two attached hydrogens (primary N) is 1. The number of rotatable bonds is 9. The Morgan fingerprint density at radius 2 is 2.07 bits per heavy atom. The molecule has 158 valence electrons. The molecule has 0 spiro atoms. The molecular weight excluding hydrogens is 453 g/mol. The molecule has 0 aliphatic carbocycles. The molecule has 3 rings (SSSR count). The van der Waals surface area contributed by atoms with Gasteiger partial charge < -0.3 is 20.1 Å². The molecule has 6 nitrogen and oxygen atoms in total. The average molecular weight is 476 g/mol. The summed E-state index contributed by atoms with van der Waals surface area (Å²) in [5.74, 6) is -0.286. The fourth-order valence-corrected chi connectivity index (χ4v) is 3.57. The molecular formula is C22H23BrFN3O3. The molecule has 1 heterocycles. The third kappa shape index (κ3) is 5.46. The molecule has 1 aromatic heterocycles. The number of aryl methyl sites for hydroxylation is 1. The molecule has 0 aliphatic heterocycles. The molecule has 0 bridgehead atoms. The van der Waals surface area contributed by atoms with Crippen molar-refractivity contribution in [3.05, 3.63) is 82.1 Å². The van der Waals surface area contributed by atoms with Gasteiger partial charge in [-0.05, 0) is 43.5 Å². The number of aliphatic hydroxyl groups excluding tert-OH is 1. The van der Waals surface area contributed by atoms with Gasteiger partial charge in [0.05, 0.1) is 18.5 Å². The highest BCUT2D eigenvalue weighted by Gasteiger charge is 2.19. The van der Waals surface area contributed by atoms with E-state index < -0.39 is 12.0 Å². The number of hydrogen-bond acceptors (Lipinski definition) is 4. The topological polar surface area (TPSA) is 90.4 Å². The van der Waals surface area contributed by atoms with Crippen LogP contribution in [0.2, 0.25) is 0 Å². The zero-order valence-electron chi connectivity index (χ0n) is 16.5. The van der Waals surface area contributed by atoms with Gasteiger partial charge in [-0.2, -0.15) is 0 Å². The summed E-state index contributed by atoms with van der Waals surface area (Å²) >= 11 is 3.24. The highest BCUT2D eigenvalue weighted by Crippen LogP contribution is 2.26. The van der Waals surface area contributed by atoms with E-state index in [1.807, 2.05) is 24.3 Å². The Morgan fingerprint density at radius 3 is 2.73 bits per heavy atom. The van der Waals surface area contributed by atoms with E-state index in [0.717, 1.165) is 5.56 Å². The number of hydrogen-bond donors (Lipinski definition) is 2. The molecule has 2 aromatic carbocycles. The number of para-hydroxylation sites is 1. The first-order valence-electron chi connectivity index (χ1n) is 9.51. The lowest BCUT2D eigenvalue weighted by Crippen LogP contribution is -2.21. The van der Waals surface area contributed by atoms with Crippen LogP contribution in [-0.4, -0.2) is 26.7 Å². The third-order valence-corrected chi connectivity index (χ3v) is 5.37. The number of aromatic nitrogens is 2. The van der Waals surface area contributed by atoms with E-state index in [1.54, 1.807) is 29.8 Å². The van der Waals surface area contributed by atoms with Crippen molar-refractivity contribution in [1.82, 2.24) is 9.55 Å². The highest BCUT2D eigenvalue weighted by atomic mass is 79.9. The van der Waals surface area contributed by atoms with Gasteiger partial charge in [0.25, 0.3) is 5.91 Å². The van der Waals surface area contributed by atoms with Crippen molar-refractivity contribution in [1.29, 1.82) is 0 Å². The van der Waals surface area contributed by atoms with E-state index in [0.29, 0.717) is 28.6 Å². The van der Waals surface area contributed by atoms with Gasteiger partial charge in [-0.15, -0.1) is 0 Å². The van der Waals surface area contributed by atoms with Crippen LogP contribution >= 0.6 is 15.9 Å². The molecule has 0 fully saturated rings. The number of amides is 1. The van der Waals surface area contributed by atoms with Crippen LogP contribution in [0.25, 0.3) is 0 Å². The van der Waals surface area contributed by atoms with Crippen molar-refractivity contribution in [2.24, 2.45) is 5.73 Å². The van der Waals surface area contributed by atoms with Crippen LogP contribution in [-0.2, 0) is 13.0 Å². The van der Waals surface area contributed by atoms with E-state index in [4.69, 9.17) is 10.5 Å². The van der Waals surface area contributed by atoms with Crippen molar-refractivity contribution in [3.8, 4) is 5.75 Å². The average Bonchev–Trinajstić information content (AvgIpc) is 3.18. The fourth-order valence-electron chi connectivity index (χ4n) is 3.23. The van der Waals surface area contributed by atoms with Gasteiger partial charge in [0, 0.05) is 16.2 Å². The molecule has 8 heteroatoms. The van der Waals surface area contributed by atoms with Crippen LogP contribution in [0.5, 0.6) is 5.75 Å². The van der Waals surface area contributed by atoms with E-state index >= 15 is 0 Å². The van der Waals surface area contributed by atoms with Gasteiger partial charge in [-0.1, -0.05) is 40.2 Å². The van der Waals surface area contributed by atoms with Gasteiger partial charge in [-0.3, -0.25) is 4.79 Å². The Morgan fingerprint density at radius 1 is 1.30 bits per heavy atom. The van der Waals surface area contributed by atoms with E-state index in [9.17, 15) is 14.3 Å². The van der Waals surface area contributed by atoms with Gasteiger partial charge in [0.1, 0.15) is 23.9 Å². The second kappa shape index (κ2) is 9.86. The van der Waals surface area contributed by atoms with Crippen molar-refractivity contribution in [2.75, 3.05) is 0 Å². The molecule has 1 amide bonds. The normalized spacial score (nSPS) is 13.1. The molecule has 30 heavy (non-hydrogen) atoms.